The second-order valence-corrected chi connectivity index (χ2v) is 20.1. The molecule has 0 bridgehead atoms. The predicted octanol–water partition coefficient (Wildman–Crippen LogP) is 0.860. The number of Topliss-reactive ketones (excluding diaryl/α,β-unsaturated/α-hetero) is 1. The van der Waals surface area contributed by atoms with Crippen molar-refractivity contribution < 1.29 is 69.7 Å². The Morgan fingerprint density at radius 2 is 1.45 bits per heavy atom. The third-order valence-electron chi connectivity index (χ3n) is 16.7. The van der Waals surface area contributed by atoms with Gasteiger partial charge in [0.2, 0.25) is 0 Å². The normalized spacial score (nSPS) is 54.2. The molecule has 0 unspecified atom stereocenters. The summed E-state index contributed by atoms with van der Waals surface area (Å²) in [6.45, 7) is 13.2. The molecule has 9 N–H and O–H groups in total. The van der Waals surface area contributed by atoms with Gasteiger partial charge in [-0.1, -0.05) is 53.7 Å². The summed E-state index contributed by atoms with van der Waals surface area (Å²) in [6, 6.07) is 0. The summed E-state index contributed by atoms with van der Waals surface area (Å²) in [5, 5.41) is 97.7. The number of allylic oxidation sites excluding steroid dienone is 2. The van der Waals surface area contributed by atoms with Crippen LogP contribution in [-0.2, 0) is 23.7 Å². The number of ether oxygens (including phenoxy) is 4. The van der Waals surface area contributed by atoms with Gasteiger partial charge in [0.25, 0.3) is 0 Å². The highest BCUT2D eigenvalue weighted by Crippen LogP contribution is 2.74. The number of hydrogen-bond acceptors (Lipinski definition) is 14. The lowest BCUT2D eigenvalue weighted by Crippen LogP contribution is -2.69. The van der Waals surface area contributed by atoms with Gasteiger partial charge in [0.15, 0.2) is 18.4 Å². The Kier molecular flexibility index (Phi) is 11.0. The summed E-state index contributed by atoms with van der Waals surface area (Å²) in [7, 11) is 0. The molecule has 0 radical (unpaired) electrons. The highest BCUT2D eigenvalue weighted by molar-refractivity contribution is 5.95. The number of hydrogen-bond donors (Lipinski definition) is 9. The van der Waals surface area contributed by atoms with Crippen LogP contribution in [0, 0.1) is 44.3 Å². The Hall–Kier alpha value is -1.37. The van der Waals surface area contributed by atoms with Crippen molar-refractivity contribution in [3.8, 4) is 0 Å². The van der Waals surface area contributed by atoms with Crippen LogP contribution in [0.25, 0.3) is 0 Å². The number of ketones is 1. The molecular weight excluding hydrogens is 728 g/mol. The maximum atomic E-state index is 14.4. The molecule has 2 saturated heterocycles. The van der Waals surface area contributed by atoms with Crippen LogP contribution in [0.5, 0.6) is 0 Å². The van der Waals surface area contributed by atoms with E-state index in [0.717, 1.165) is 17.6 Å². The van der Waals surface area contributed by atoms with Gasteiger partial charge in [0.1, 0.15) is 48.8 Å². The van der Waals surface area contributed by atoms with Crippen LogP contribution in [-0.4, -0.2) is 145 Å². The molecule has 318 valence electrons. The minimum atomic E-state index is -1.75. The van der Waals surface area contributed by atoms with Gasteiger partial charge < -0.3 is 64.9 Å². The Balaban J connectivity index is 1.17. The summed E-state index contributed by atoms with van der Waals surface area (Å²) in [6.07, 6.45) is -7.73. The highest BCUT2D eigenvalue weighted by Gasteiger charge is 2.71. The molecule has 56 heavy (non-hydrogen) atoms. The van der Waals surface area contributed by atoms with Crippen LogP contribution in [0.1, 0.15) is 93.4 Å². The van der Waals surface area contributed by atoms with Gasteiger partial charge >= 0.3 is 0 Å². The smallest absolute Gasteiger partial charge is 0.187 e. The molecule has 14 heteroatoms. The molecule has 3 saturated carbocycles. The van der Waals surface area contributed by atoms with Crippen molar-refractivity contribution in [3.05, 3.63) is 23.3 Å². The molecule has 0 spiro atoms. The molecule has 0 aromatic carbocycles. The fourth-order valence-corrected chi connectivity index (χ4v) is 12.9. The third-order valence-corrected chi connectivity index (χ3v) is 16.7. The van der Waals surface area contributed by atoms with Gasteiger partial charge in [-0.3, -0.25) is 4.79 Å². The summed E-state index contributed by atoms with van der Waals surface area (Å²) in [5.41, 5.74) is -1.87. The summed E-state index contributed by atoms with van der Waals surface area (Å²) in [5.74, 6) is -0.458. The average Bonchev–Trinajstić information content (AvgIpc) is 3.16. The molecule has 19 atom stereocenters. The van der Waals surface area contributed by atoms with Crippen molar-refractivity contribution in [2.24, 2.45) is 44.3 Å². The molecule has 7 aliphatic rings. The van der Waals surface area contributed by atoms with E-state index in [0.29, 0.717) is 38.5 Å². The minimum absolute atomic E-state index is 0.0569. The lowest BCUT2D eigenvalue weighted by molar-refractivity contribution is -0.367. The molecule has 7 rings (SSSR count). The van der Waals surface area contributed by atoms with E-state index in [-0.39, 0.29) is 36.2 Å². The minimum Gasteiger partial charge on any atom is -0.396 e. The largest absolute Gasteiger partial charge is 0.396 e. The maximum Gasteiger partial charge on any atom is 0.187 e. The van der Waals surface area contributed by atoms with E-state index in [4.69, 9.17) is 18.9 Å². The van der Waals surface area contributed by atoms with Crippen molar-refractivity contribution in [1.29, 1.82) is 0 Å². The number of aliphatic hydroxyl groups excluding tert-OH is 9. The standard InChI is InChI=1S/C42H66O14/c1-20-27(46)32(56-35-30(49)29(48)28(47)23(17-43)54-35)31(50)36(53-20)55-26-11-12-38(4)24(39(26,5)18-44)10-13-40(6)25(38)9-8-21-22-16-37(2,3)14-15-42(22,19-45)34(52)33(51)41(21,40)7/h8-9,20,23-33,35-36,43-51H,10-19H2,1-7H3/t20-,23-,24-,25-,26+,27+,28-,29+,30-,31-,32+,33+,35+,36+,38+,39+,40-,41+,42-/m1/s1. The fourth-order valence-electron chi connectivity index (χ4n) is 12.9. The Bertz CT molecular complexity index is 1580. The zero-order chi connectivity index (χ0) is 41.1. The maximum absolute atomic E-state index is 14.4. The molecule has 14 nitrogen and oxygen atoms in total. The van der Waals surface area contributed by atoms with Crippen LogP contribution in [0.2, 0.25) is 0 Å². The van der Waals surface area contributed by atoms with Crippen LogP contribution in [0.15, 0.2) is 23.3 Å². The number of aliphatic hydroxyl groups is 9. The first kappa shape index (κ1) is 42.7. The molecule has 2 aliphatic heterocycles. The quantitative estimate of drug-likeness (QED) is 0.163. The van der Waals surface area contributed by atoms with E-state index in [9.17, 15) is 50.8 Å². The zero-order valence-electron chi connectivity index (χ0n) is 33.9. The summed E-state index contributed by atoms with van der Waals surface area (Å²) >= 11 is 0. The molecule has 0 aromatic heterocycles. The first-order valence-electron chi connectivity index (χ1n) is 20.6. The number of fused-ring (bicyclic) bond motifs is 6. The third kappa shape index (κ3) is 5.87. The van der Waals surface area contributed by atoms with Gasteiger partial charge in [-0.05, 0) is 91.1 Å². The predicted molar refractivity (Wildman–Crippen MR) is 199 cm³/mol. The second kappa shape index (κ2) is 14.4. The van der Waals surface area contributed by atoms with Crippen LogP contribution in [0.3, 0.4) is 0 Å². The van der Waals surface area contributed by atoms with Gasteiger partial charge in [0.05, 0.1) is 37.4 Å². The monoisotopic (exact) mass is 794 g/mol. The molecular formula is C42H66O14. The Morgan fingerprint density at radius 1 is 0.768 bits per heavy atom. The SMILES string of the molecule is C[C@H]1O[C@@H](O[C@H]2CC[C@@]3(C)[C@@H](CC[C@]4(C)[C@@H]3C=CC3=C5CC(C)(C)CC[C@]5(CO)C(=O)[C@H](O)[C@]34C)[C@]2(C)CO)[C@H](O)[C@@H](O[C@@H]2O[C@H](CO)[C@@H](O)[C@H](O)[C@H]2O)[C@H]1O. The molecule has 0 amide bonds. The number of carbonyl (C=O) groups is 1. The van der Waals surface area contributed by atoms with E-state index in [2.05, 4.69) is 39.8 Å². The molecule has 5 aliphatic carbocycles. The lowest BCUT2D eigenvalue weighted by atomic mass is 9.34. The molecule has 5 fully saturated rings. The van der Waals surface area contributed by atoms with E-state index in [1.807, 2.05) is 13.8 Å². The fraction of sp³-hybridized carbons (Fsp3) is 0.881. The highest BCUT2D eigenvalue weighted by atomic mass is 16.7. The van der Waals surface area contributed by atoms with E-state index in [1.54, 1.807) is 6.92 Å². The second-order valence-electron chi connectivity index (χ2n) is 20.1. The van der Waals surface area contributed by atoms with E-state index in [1.165, 1.54) is 0 Å². The van der Waals surface area contributed by atoms with Crippen molar-refractivity contribution in [2.75, 3.05) is 19.8 Å². The van der Waals surface area contributed by atoms with Crippen molar-refractivity contribution in [3.63, 3.8) is 0 Å². The lowest BCUT2D eigenvalue weighted by Gasteiger charge is -2.70. The van der Waals surface area contributed by atoms with Crippen LogP contribution < -0.4 is 0 Å². The van der Waals surface area contributed by atoms with Crippen molar-refractivity contribution >= 4 is 5.78 Å². The Labute approximate surface area is 329 Å². The van der Waals surface area contributed by atoms with Gasteiger partial charge in [-0.25, -0.2) is 0 Å². The van der Waals surface area contributed by atoms with Crippen LogP contribution in [0.4, 0.5) is 0 Å². The topological polar surface area (TPSA) is 236 Å². The van der Waals surface area contributed by atoms with Gasteiger partial charge in [-0.2, -0.15) is 0 Å². The number of carbonyl (C=O) groups excluding carboxylic acids is 1. The molecule has 2 heterocycles. The van der Waals surface area contributed by atoms with Gasteiger partial charge in [0, 0.05) is 10.8 Å². The summed E-state index contributed by atoms with van der Waals surface area (Å²) in [4.78, 5) is 14.4. The number of rotatable bonds is 7. The van der Waals surface area contributed by atoms with Crippen molar-refractivity contribution in [1.82, 2.24) is 0 Å². The first-order valence-corrected chi connectivity index (χ1v) is 20.6. The summed E-state index contributed by atoms with van der Waals surface area (Å²) < 4.78 is 24.0. The van der Waals surface area contributed by atoms with Crippen LogP contribution >= 0.6 is 0 Å². The average molecular weight is 795 g/mol. The Morgan fingerprint density at radius 3 is 2.09 bits per heavy atom. The van der Waals surface area contributed by atoms with E-state index >= 15 is 0 Å². The van der Waals surface area contributed by atoms with Crippen molar-refractivity contribution in [2.45, 2.75) is 167 Å². The van der Waals surface area contributed by atoms with Gasteiger partial charge in [-0.15, -0.1) is 0 Å². The molecule has 0 aromatic rings. The van der Waals surface area contributed by atoms with E-state index < -0.39 is 107 Å². The first-order chi connectivity index (χ1) is 26.1. The zero-order valence-corrected chi connectivity index (χ0v) is 33.9.